The number of hydrogen-bond acceptors (Lipinski definition) is 5. The summed E-state index contributed by atoms with van der Waals surface area (Å²) in [5, 5.41) is 7.98. The zero-order chi connectivity index (χ0) is 26.7. The lowest BCUT2D eigenvalue weighted by Crippen LogP contribution is -2.46. The number of thiophene rings is 1. The summed E-state index contributed by atoms with van der Waals surface area (Å²) in [6, 6.07) is 16.5. The van der Waals surface area contributed by atoms with Crippen molar-refractivity contribution in [3.05, 3.63) is 82.2 Å². The van der Waals surface area contributed by atoms with Gasteiger partial charge in [-0.1, -0.05) is 61.2 Å². The van der Waals surface area contributed by atoms with E-state index in [1.165, 1.54) is 6.42 Å². The highest BCUT2D eigenvalue weighted by Gasteiger charge is 2.33. The summed E-state index contributed by atoms with van der Waals surface area (Å²) in [6.45, 7) is 2.35. The van der Waals surface area contributed by atoms with E-state index in [1.54, 1.807) is 40.6 Å². The van der Waals surface area contributed by atoms with Gasteiger partial charge in [-0.05, 0) is 55.3 Å². The summed E-state index contributed by atoms with van der Waals surface area (Å²) in [6.07, 6.45) is 7.71. The third kappa shape index (κ3) is 7.99. The molecule has 0 saturated heterocycles. The molecule has 1 unspecified atom stereocenters. The number of aromatic nitrogens is 1. The Bertz CT molecular complexity index is 1180. The molecule has 2 heterocycles. The highest BCUT2D eigenvalue weighted by Crippen LogP contribution is 2.28. The molecule has 8 heteroatoms. The van der Waals surface area contributed by atoms with Gasteiger partial charge >= 0.3 is 0 Å². The quantitative estimate of drug-likeness (QED) is 0.328. The summed E-state index contributed by atoms with van der Waals surface area (Å²) in [5.74, 6) is 0.0142. The van der Waals surface area contributed by atoms with E-state index in [-0.39, 0.29) is 36.6 Å². The first kappa shape index (κ1) is 27.5. The van der Waals surface area contributed by atoms with Gasteiger partial charge in [0.05, 0.1) is 6.54 Å². The molecule has 0 aliphatic heterocycles. The number of aryl methyl sites for hydroxylation is 1. The van der Waals surface area contributed by atoms with E-state index in [0.717, 1.165) is 41.7 Å². The lowest BCUT2D eigenvalue weighted by molar-refractivity contribution is -0.142. The first-order chi connectivity index (χ1) is 18.5. The highest BCUT2D eigenvalue weighted by atomic mass is 32.1. The van der Waals surface area contributed by atoms with Gasteiger partial charge in [0.2, 0.25) is 17.7 Å². The van der Waals surface area contributed by atoms with Crippen LogP contribution >= 0.6 is 11.3 Å². The van der Waals surface area contributed by atoms with Gasteiger partial charge < -0.3 is 15.5 Å². The average Bonchev–Trinajstić information content (AvgIpc) is 3.44. The van der Waals surface area contributed by atoms with E-state index in [2.05, 4.69) is 15.6 Å². The third-order valence-corrected chi connectivity index (χ3v) is 7.72. The number of carbonyl (C=O) groups excluding carboxylic acids is 3. The van der Waals surface area contributed by atoms with Crippen molar-refractivity contribution < 1.29 is 14.4 Å². The molecule has 0 spiro atoms. The predicted molar refractivity (Wildman–Crippen MR) is 151 cm³/mol. The van der Waals surface area contributed by atoms with Gasteiger partial charge in [0.1, 0.15) is 11.9 Å². The van der Waals surface area contributed by atoms with E-state index in [4.69, 9.17) is 0 Å². The number of amides is 3. The van der Waals surface area contributed by atoms with Gasteiger partial charge in [0.15, 0.2) is 0 Å². The number of rotatable bonds is 11. The first-order valence-electron chi connectivity index (χ1n) is 13.4. The predicted octanol–water partition coefficient (Wildman–Crippen LogP) is 5.78. The molecule has 200 valence electrons. The molecule has 0 bridgehead atoms. The van der Waals surface area contributed by atoms with Crippen LogP contribution in [-0.2, 0) is 20.9 Å². The maximum Gasteiger partial charge on any atom is 0.247 e. The molecule has 4 rings (SSSR count). The number of nitrogens with zero attached hydrogens (tertiary/aromatic N) is 2. The van der Waals surface area contributed by atoms with Gasteiger partial charge in [0.25, 0.3) is 0 Å². The molecule has 1 fully saturated rings. The molecule has 7 nitrogen and oxygen atoms in total. The minimum Gasteiger partial charge on any atom is -0.351 e. The standard InChI is InChI=1S/C30H36N4O3S/c1-22-15-17-23(18-16-22)29(30(37)32-24-9-3-2-4-10-24)34(21-25-11-8-20-38-25)28(36)14-7-13-27(35)33-26-12-5-6-19-31-26/h5-6,8,11-12,15-20,24,29H,2-4,7,9-10,13-14,21H2,1H3,(H,32,37)(H,31,33,35). The van der Waals surface area contributed by atoms with Crippen molar-refractivity contribution in [2.75, 3.05) is 5.32 Å². The fraction of sp³-hybridized carbons (Fsp3) is 0.400. The largest absolute Gasteiger partial charge is 0.351 e. The van der Waals surface area contributed by atoms with Gasteiger partial charge in [-0.2, -0.15) is 0 Å². The maximum atomic E-state index is 13.8. The normalized spacial score (nSPS) is 14.4. The average molecular weight is 533 g/mol. The van der Waals surface area contributed by atoms with Crippen molar-refractivity contribution in [3.63, 3.8) is 0 Å². The van der Waals surface area contributed by atoms with Crippen LogP contribution in [0.5, 0.6) is 0 Å². The van der Waals surface area contributed by atoms with Crippen molar-refractivity contribution in [3.8, 4) is 0 Å². The molecule has 1 atom stereocenters. The van der Waals surface area contributed by atoms with Crippen molar-refractivity contribution in [2.45, 2.75) is 76.9 Å². The van der Waals surface area contributed by atoms with E-state index < -0.39 is 6.04 Å². The van der Waals surface area contributed by atoms with E-state index in [9.17, 15) is 14.4 Å². The van der Waals surface area contributed by atoms with Crippen LogP contribution in [0.2, 0.25) is 0 Å². The number of pyridine rings is 1. The van der Waals surface area contributed by atoms with Crippen LogP contribution in [0.15, 0.2) is 66.2 Å². The van der Waals surface area contributed by atoms with Crippen molar-refractivity contribution in [1.29, 1.82) is 0 Å². The first-order valence-corrected chi connectivity index (χ1v) is 14.3. The fourth-order valence-electron chi connectivity index (χ4n) is 4.83. The van der Waals surface area contributed by atoms with Crippen molar-refractivity contribution in [1.82, 2.24) is 15.2 Å². The number of nitrogens with one attached hydrogen (secondary N) is 2. The Balaban J connectivity index is 1.50. The summed E-state index contributed by atoms with van der Waals surface area (Å²) < 4.78 is 0. The zero-order valence-electron chi connectivity index (χ0n) is 21.9. The monoisotopic (exact) mass is 532 g/mol. The number of anilines is 1. The second kappa shape index (κ2) is 13.9. The lowest BCUT2D eigenvalue weighted by Gasteiger charge is -2.33. The summed E-state index contributed by atoms with van der Waals surface area (Å²) in [5.41, 5.74) is 1.89. The molecular weight excluding hydrogens is 496 g/mol. The number of benzene rings is 1. The molecule has 3 aromatic rings. The van der Waals surface area contributed by atoms with Crippen LogP contribution in [0.1, 0.15) is 73.4 Å². The van der Waals surface area contributed by atoms with Crippen LogP contribution in [-0.4, -0.2) is 33.6 Å². The van der Waals surface area contributed by atoms with Gasteiger partial charge in [-0.25, -0.2) is 4.98 Å². The van der Waals surface area contributed by atoms with E-state index >= 15 is 0 Å². The topological polar surface area (TPSA) is 91.4 Å². The van der Waals surface area contributed by atoms with Crippen LogP contribution < -0.4 is 10.6 Å². The fourth-order valence-corrected chi connectivity index (χ4v) is 5.53. The van der Waals surface area contributed by atoms with Gasteiger partial charge in [-0.3, -0.25) is 14.4 Å². The minimum absolute atomic E-state index is 0.137. The second-order valence-electron chi connectivity index (χ2n) is 9.87. The van der Waals surface area contributed by atoms with Crippen molar-refractivity contribution >= 4 is 34.9 Å². The summed E-state index contributed by atoms with van der Waals surface area (Å²) in [7, 11) is 0. The smallest absolute Gasteiger partial charge is 0.247 e. The highest BCUT2D eigenvalue weighted by molar-refractivity contribution is 7.09. The minimum atomic E-state index is -0.741. The Kier molecular flexibility index (Phi) is 10.0. The molecule has 0 radical (unpaired) electrons. The lowest BCUT2D eigenvalue weighted by atomic mass is 9.94. The molecule has 1 saturated carbocycles. The van der Waals surface area contributed by atoms with Gasteiger partial charge in [-0.15, -0.1) is 11.3 Å². The Hall–Kier alpha value is -3.52. The molecule has 1 aliphatic rings. The Morgan fingerprint density at radius 3 is 2.47 bits per heavy atom. The molecule has 38 heavy (non-hydrogen) atoms. The molecule has 1 aromatic carbocycles. The molecular formula is C30H36N4O3S. The van der Waals surface area contributed by atoms with Gasteiger partial charge in [0, 0.05) is 30.0 Å². The Morgan fingerprint density at radius 1 is 1.00 bits per heavy atom. The van der Waals surface area contributed by atoms with Crippen LogP contribution in [0.3, 0.4) is 0 Å². The van der Waals surface area contributed by atoms with E-state index in [1.807, 2.05) is 48.7 Å². The second-order valence-corrected chi connectivity index (χ2v) is 10.9. The molecule has 2 aromatic heterocycles. The molecule has 1 aliphatic carbocycles. The number of hydrogen-bond donors (Lipinski definition) is 2. The summed E-state index contributed by atoms with van der Waals surface area (Å²) >= 11 is 1.56. The number of carbonyl (C=O) groups is 3. The van der Waals surface area contributed by atoms with E-state index in [0.29, 0.717) is 18.8 Å². The Labute approximate surface area is 228 Å². The Morgan fingerprint density at radius 2 is 1.79 bits per heavy atom. The zero-order valence-corrected chi connectivity index (χ0v) is 22.7. The molecule has 3 amide bonds. The van der Waals surface area contributed by atoms with Crippen molar-refractivity contribution in [2.24, 2.45) is 0 Å². The van der Waals surface area contributed by atoms with Crippen LogP contribution in [0.25, 0.3) is 0 Å². The summed E-state index contributed by atoms with van der Waals surface area (Å²) in [4.78, 5) is 46.7. The molecule has 2 N–H and O–H groups in total. The SMILES string of the molecule is Cc1ccc(C(C(=O)NC2CCCCC2)N(Cc2cccs2)C(=O)CCCC(=O)Nc2ccccn2)cc1. The van der Waals surface area contributed by atoms with Crippen LogP contribution in [0, 0.1) is 6.92 Å². The third-order valence-electron chi connectivity index (χ3n) is 6.86. The maximum absolute atomic E-state index is 13.8. The van der Waals surface area contributed by atoms with Crippen LogP contribution in [0.4, 0.5) is 5.82 Å².